The smallest absolute Gasteiger partial charge is 0.326 e. The fourth-order valence-corrected chi connectivity index (χ4v) is 1.49. The van der Waals surface area contributed by atoms with E-state index < -0.39 is 12.0 Å². The quantitative estimate of drug-likeness (QED) is 0.728. The van der Waals surface area contributed by atoms with Crippen LogP contribution in [-0.2, 0) is 16.1 Å². The topological polar surface area (TPSA) is 97.1 Å². The number of carboxylic acid groups (broad SMARTS) is 1. The standard InChI is InChI=1S/C11H18N4O3/c1-3-8(2)10(11(17)18)14-9(16)4-5-15-7-12-6-13-15/h6-8,10H,3-5H2,1-2H3,(H,14,16)(H,17,18)/t8-,10-/m0/s1. The van der Waals surface area contributed by atoms with E-state index >= 15 is 0 Å². The molecule has 0 bridgehead atoms. The first-order valence-electron chi connectivity index (χ1n) is 5.89. The Morgan fingerprint density at radius 1 is 1.50 bits per heavy atom. The largest absolute Gasteiger partial charge is 0.480 e. The van der Waals surface area contributed by atoms with E-state index in [2.05, 4.69) is 15.4 Å². The average molecular weight is 254 g/mol. The Hall–Kier alpha value is -1.92. The van der Waals surface area contributed by atoms with Crippen molar-refractivity contribution in [3.8, 4) is 0 Å². The molecular formula is C11H18N4O3. The van der Waals surface area contributed by atoms with Crippen LogP contribution in [0.1, 0.15) is 26.7 Å². The van der Waals surface area contributed by atoms with Gasteiger partial charge in [-0.3, -0.25) is 9.48 Å². The normalized spacial score (nSPS) is 13.9. The van der Waals surface area contributed by atoms with Gasteiger partial charge in [-0.15, -0.1) is 0 Å². The molecule has 0 fully saturated rings. The molecule has 18 heavy (non-hydrogen) atoms. The maximum atomic E-state index is 11.6. The van der Waals surface area contributed by atoms with Crippen LogP contribution in [0.3, 0.4) is 0 Å². The molecular weight excluding hydrogens is 236 g/mol. The molecule has 1 aromatic rings. The lowest BCUT2D eigenvalue weighted by Crippen LogP contribution is -2.45. The molecule has 1 heterocycles. The van der Waals surface area contributed by atoms with Gasteiger partial charge in [0.05, 0.1) is 6.54 Å². The highest BCUT2D eigenvalue weighted by Crippen LogP contribution is 2.08. The van der Waals surface area contributed by atoms with Gasteiger partial charge in [0.15, 0.2) is 0 Å². The SMILES string of the molecule is CC[C@H](C)[C@H](NC(=O)CCn1cncn1)C(=O)O. The predicted molar refractivity (Wildman–Crippen MR) is 63.7 cm³/mol. The van der Waals surface area contributed by atoms with Gasteiger partial charge in [-0.1, -0.05) is 20.3 Å². The molecule has 0 aliphatic rings. The zero-order valence-electron chi connectivity index (χ0n) is 10.5. The van der Waals surface area contributed by atoms with E-state index in [1.807, 2.05) is 6.92 Å². The first kappa shape index (κ1) is 14.1. The van der Waals surface area contributed by atoms with E-state index in [9.17, 15) is 9.59 Å². The van der Waals surface area contributed by atoms with Crippen LogP contribution in [0.25, 0.3) is 0 Å². The van der Waals surface area contributed by atoms with E-state index in [0.29, 0.717) is 13.0 Å². The van der Waals surface area contributed by atoms with Gasteiger partial charge in [0, 0.05) is 6.42 Å². The lowest BCUT2D eigenvalue weighted by atomic mass is 9.99. The van der Waals surface area contributed by atoms with E-state index in [1.165, 1.54) is 17.3 Å². The number of aryl methyl sites for hydroxylation is 1. The molecule has 0 aliphatic heterocycles. The number of aliphatic carboxylic acids is 1. The van der Waals surface area contributed by atoms with E-state index in [-0.39, 0.29) is 18.2 Å². The number of nitrogens with zero attached hydrogens (tertiary/aromatic N) is 3. The molecule has 0 saturated carbocycles. The molecule has 0 unspecified atom stereocenters. The number of carboxylic acids is 1. The summed E-state index contributed by atoms with van der Waals surface area (Å²) < 4.78 is 1.53. The van der Waals surface area contributed by atoms with Crippen molar-refractivity contribution in [2.75, 3.05) is 0 Å². The zero-order valence-corrected chi connectivity index (χ0v) is 10.5. The number of hydrogen-bond acceptors (Lipinski definition) is 4. The first-order chi connectivity index (χ1) is 8.54. The van der Waals surface area contributed by atoms with E-state index in [1.54, 1.807) is 6.92 Å². The van der Waals surface area contributed by atoms with Gasteiger partial charge in [-0.25, -0.2) is 9.78 Å². The summed E-state index contributed by atoms with van der Waals surface area (Å²) in [5.41, 5.74) is 0. The number of hydrogen-bond donors (Lipinski definition) is 2. The molecule has 0 radical (unpaired) electrons. The van der Waals surface area contributed by atoms with Crippen LogP contribution in [0.15, 0.2) is 12.7 Å². The van der Waals surface area contributed by atoms with Gasteiger partial charge in [-0.2, -0.15) is 5.10 Å². The summed E-state index contributed by atoms with van der Waals surface area (Å²) in [5.74, 6) is -1.39. The minimum absolute atomic E-state index is 0.0992. The molecule has 7 nitrogen and oxygen atoms in total. The van der Waals surface area contributed by atoms with E-state index in [4.69, 9.17) is 5.11 Å². The second-order valence-electron chi connectivity index (χ2n) is 4.18. The molecule has 0 aliphatic carbocycles. The summed E-state index contributed by atoms with van der Waals surface area (Å²) in [7, 11) is 0. The third-order valence-corrected chi connectivity index (χ3v) is 2.83. The van der Waals surface area contributed by atoms with Crippen molar-refractivity contribution in [1.82, 2.24) is 20.1 Å². The minimum atomic E-state index is -1.00. The Morgan fingerprint density at radius 3 is 2.72 bits per heavy atom. The van der Waals surface area contributed by atoms with Crippen molar-refractivity contribution in [2.24, 2.45) is 5.92 Å². The molecule has 7 heteroatoms. The Morgan fingerprint density at radius 2 is 2.22 bits per heavy atom. The van der Waals surface area contributed by atoms with Crippen molar-refractivity contribution in [3.63, 3.8) is 0 Å². The lowest BCUT2D eigenvalue weighted by molar-refractivity contribution is -0.143. The number of carbonyl (C=O) groups excluding carboxylic acids is 1. The molecule has 1 rings (SSSR count). The van der Waals surface area contributed by atoms with Gasteiger partial charge in [-0.05, 0) is 5.92 Å². The van der Waals surface area contributed by atoms with Crippen LogP contribution in [0.4, 0.5) is 0 Å². The van der Waals surface area contributed by atoms with Gasteiger partial charge in [0.25, 0.3) is 0 Å². The lowest BCUT2D eigenvalue weighted by Gasteiger charge is -2.20. The Kier molecular flexibility index (Phi) is 5.29. The number of amides is 1. The number of rotatable bonds is 7. The third kappa shape index (κ3) is 4.15. The van der Waals surface area contributed by atoms with Crippen molar-refractivity contribution in [1.29, 1.82) is 0 Å². The highest BCUT2D eigenvalue weighted by atomic mass is 16.4. The van der Waals surface area contributed by atoms with Crippen LogP contribution in [0, 0.1) is 5.92 Å². The predicted octanol–water partition coefficient (Wildman–Crippen LogP) is 0.284. The van der Waals surface area contributed by atoms with Gasteiger partial charge in [0.2, 0.25) is 5.91 Å². The Bertz CT molecular complexity index is 391. The number of nitrogens with one attached hydrogen (secondary N) is 1. The molecule has 100 valence electrons. The van der Waals surface area contributed by atoms with Crippen LogP contribution in [-0.4, -0.2) is 37.8 Å². The first-order valence-corrected chi connectivity index (χ1v) is 5.89. The molecule has 1 aromatic heterocycles. The van der Waals surface area contributed by atoms with Crippen molar-refractivity contribution in [2.45, 2.75) is 39.3 Å². The summed E-state index contributed by atoms with van der Waals surface area (Å²) in [6, 6.07) is -0.835. The van der Waals surface area contributed by atoms with Crippen LogP contribution < -0.4 is 5.32 Å². The fourth-order valence-electron chi connectivity index (χ4n) is 1.49. The summed E-state index contributed by atoms with van der Waals surface area (Å²) >= 11 is 0. The molecule has 0 spiro atoms. The summed E-state index contributed by atoms with van der Waals surface area (Å²) in [6.07, 6.45) is 3.78. The van der Waals surface area contributed by atoms with Crippen LogP contribution >= 0.6 is 0 Å². The van der Waals surface area contributed by atoms with Crippen molar-refractivity contribution < 1.29 is 14.7 Å². The fraction of sp³-hybridized carbons (Fsp3) is 0.636. The monoisotopic (exact) mass is 254 g/mol. The second-order valence-corrected chi connectivity index (χ2v) is 4.18. The third-order valence-electron chi connectivity index (χ3n) is 2.83. The molecule has 2 N–H and O–H groups in total. The zero-order chi connectivity index (χ0) is 13.5. The van der Waals surface area contributed by atoms with Gasteiger partial charge < -0.3 is 10.4 Å². The van der Waals surface area contributed by atoms with Gasteiger partial charge in [0.1, 0.15) is 18.7 Å². The molecule has 0 aromatic carbocycles. The maximum Gasteiger partial charge on any atom is 0.326 e. The summed E-state index contributed by atoms with van der Waals surface area (Å²) in [5, 5.41) is 15.4. The van der Waals surface area contributed by atoms with Crippen LogP contribution in [0.2, 0.25) is 0 Å². The maximum absolute atomic E-state index is 11.6. The molecule has 0 saturated heterocycles. The highest BCUT2D eigenvalue weighted by molar-refractivity contribution is 5.83. The summed E-state index contributed by atoms with van der Waals surface area (Å²) in [4.78, 5) is 26.4. The summed E-state index contributed by atoms with van der Waals surface area (Å²) in [6.45, 7) is 4.08. The Balaban J connectivity index is 2.44. The molecule has 2 atom stereocenters. The highest BCUT2D eigenvalue weighted by Gasteiger charge is 2.24. The van der Waals surface area contributed by atoms with Gasteiger partial charge >= 0.3 is 5.97 Å². The van der Waals surface area contributed by atoms with E-state index in [0.717, 1.165) is 0 Å². The second kappa shape index (κ2) is 6.73. The molecule has 1 amide bonds. The van der Waals surface area contributed by atoms with Crippen LogP contribution in [0.5, 0.6) is 0 Å². The number of carbonyl (C=O) groups is 2. The average Bonchev–Trinajstić information content (AvgIpc) is 2.85. The minimum Gasteiger partial charge on any atom is -0.480 e. The van der Waals surface area contributed by atoms with Crippen molar-refractivity contribution >= 4 is 11.9 Å². The van der Waals surface area contributed by atoms with Crippen molar-refractivity contribution in [3.05, 3.63) is 12.7 Å². The number of aromatic nitrogens is 3. The Labute approximate surface area is 105 Å².